The van der Waals surface area contributed by atoms with Crippen LogP contribution >= 0.6 is 0 Å². The normalized spacial score (nSPS) is 20.2. The summed E-state index contributed by atoms with van der Waals surface area (Å²) >= 11 is 0. The van der Waals surface area contributed by atoms with Crippen molar-refractivity contribution in [3.8, 4) is 11.5 Å². The number of anilines is 1. The molecule has 2 fully saturated rings. The third-order valence-corrected chi connectivity index (χ3v) is 7.30. The van der Waals surface area contributed by atoms with Crippen LogP contribution < -0.4 is 4.90 Å². The summed E-state index contributed by atoms with van der Waals surface area (Å²) in [5.74, 6) is 1.84. The van der Waals surface area contributed by atoms with Crippen LogP contribution in [0.5, 0.6) is 0 Å². The van der Waals surface area contributed by atoms with Gasteiger partial charge < -0.3 is 9.42 Å². The van der Waals surface area contributed by atoms with Gasteiger partial charge >= 0.3 is 0 Å². The maximum Gasteiger partial charge on any atom is 0.282 e. The largest absolute Gasteiger partial charge is 0.355 e. The standard InChI is InChI=1S/C18H26N6O3S/c1-15-20-18(27-21-15)16-6-7-19-17(14-16)22-8-5-11-24(13-12-22)28(25,26)23-9-3-2-4-10-23/h6-7,14H,2-5,8-13H2,1H3. The fraction of sp³-hybridized carbons (Fsp3) is 0.611. The summed E-state index contributed by atoms with van der Waals surface area (Å²) in [4.78, 5) is 10.9. The summed E-state index contributed by atoms with van der Waals surface area (Å²) < 4.78 is 34.5. The van der Waals surface area contributed by atoms with Crippen molar-refractivity contribution in [3.05, 3.63) is 24.2 Å². The Labute approximate surface area is 165 Å². The van der Waals surface area contributed by atoms with Gasteiger partial charge in [-0.05, 0) is 38.3 Å². The lowest BCUT2D eigenvalue weighted by Crippen LogP contribution is -2.47. The molecule has 10 heteroatoms. The van der Waals surface area contributed by atoms with Crippen molar-refractivity contribution in [1.29, 1.82) is 0 Å². The number of aromatic nitrogens is 3. The molecule has 152 valence electrons. The summed E-state index contributed by atoms with van der Waals surface area (Å²) in [6.45, 7) is 5.41. The molecule has 0 saturated carbocycles. The SMILES string of the molecule is Cc1noc(-c2ccnc(N3CCCN(S(=O)(=O)N4CCCCC4)CC3)c2)n1. The van der Waals surface area contributed by atoms with Crippen LogP contribution in [-0.4, -0.2) is 71.4 Å². The molecule has 2 saturated heterocycles. The van der Waals surface area contributed by atoms with Gasteiger partial charge in [0.2, 0.25) is 0 Å². The highest BCUT2D eigenvalue weighted by Gasteiger charge is 2.32. The van der Waals surface area contributed by atoms with Crippen LogP contribution in [0, 0.1) is 6.92 Å². The maximum atomic E-state index is 13.0. The summed E-state index contributed by atoms with van der Waals surface area (Å²) in [5.41, 5.74) is 0.813. The third kappa shape index (κ3) is 4.03. The van der Waals surface area contributed by atoms with E-state index in [4.69, 9.17) is 4.52 Å². The molecule has 28 heavy (non-hydrogen) atoms. The Morgan fingerprint density at radius 2 is 1.71 bits per heavy atom. The monoisotopic (exact) mass is 406 g/mol. The van der Waals surface area contributed by atoms with Crippen LogP contribution in [0.1, 0.15) is 31.5 Å². The second kappa shape index (κ2) is 8.14. The molecule has 2 aromatic heterocycles. The number of hydrogen-bond donors (Lipinski definition) is 0. The zero-order chi connectivity index (χ0) is 19.6. The smallest absolute Gasteiger partial charge is 0.282 e. The molecule has 0 bridgehead atoms. The predicted octanol–water partition coefficient (Wildman–Crippen LogP) is 1.68. The van der Waals surface area contributed by atoms with Crippen molar-refractivity contribution in [2.45, 2.75) is 32.6 Å². The molecule has 0 aromatic carbocycles. The van der Waals surface area contributed by atoms with E-state index in [2.05, 4.69) is 20.0 Å². The van der Waals surface area contributed by atoms with Crippen LogP contribution in [0.2, 0.25) is 0 Å². The number of hydrogen-bond acceptors (Lipinski definition) is 7. The molecular formula is C18H26N6O3S. The Balaban J connectivity index is 1.47. The van der Waals surface area contributed by atoms with E-state index in [0.717, 1.165) is 43.6 Å². The molecule has 4 rings (SSSR count). The van der Waals surface area contributed by atoms with Crippen molar-refractivity contribution in [2.75, 3.05) is 44.2 Å². The zero-order valence-corrected chi connectivity index (χ0v) is 16.9. The van der Waals surface area contributed by atoms with Gasteiger partial charge in [-0.15, -0.1) is 0 Å². The molecule has 0 amide bonds. The fourth-order valence-electron chi connectivity index (χ4n) is 3.75. The van der Waals surface area contributed by atoms with Gasteiger partial charge in [-0.1, -0.05) is 11.6 Å². The lowest BCUT2D eigenvalue weighted by molar-refractivity contribution is 0.307. The van der Waals surface area contributed by atoms with E-state index in [0.29, 0.717) is 44.4 Å². The van der Waals surface area contributed by atoms with Gasteiger partial charge in [-0.3, -0.25) is 0 Å². The van der Waals surface area contributed by atoms with Crippen LogP contribution in [-0.2, 0) is 10.2 Å². The van der Waals surface area contributed by atoms with Gasteiger partial charge in [0.25, 0.3) is 16.1 Å². The predicted molar refractivity (Wildman–Crippen MR) is 105 cm³/mol. The molecule has 9 nitrogen and oxygen atoms in total. The molecule has 0 aliphatic carbocycles. The summed E-state index contributed by atoms with van der Waals surface area (Å²) in [7, 11) is -3.38. The summed E-state index contributed by atoms with van der Waals surface area (Å²) in [6.07, 6.45) is 5.49. The van der Waals surface area contributed by atoms with E-state index in [1.807, 2.05) is 12.1 Å². The molecule has 4 heterocycles. The first-order valence-electron chi connectivity index (χ1n) is 9.81. The van der Waals surface area contributed by atoms with Gasteiger partial charge in [-0.2, -0.15) is 22.0 Å². The topological polar surface area (TPSA) is 95.7 Å². The lowest BCUT2D eigenvalue weighted by atomic mass is 10.2. The fourth-order valence-corrected chi connectivity index (χ4v) is 5.47. The van der Waals surface area contributed by atoms with Crippen molar-refractivity contribution in [1.82, 2.24) is 23.7 Å². The maximum absolute atomic E-state index is 13.0. The van der Waals surface area contributed by atoms with E-state index in [1.165, 1.54) is 0 Å². The highest BCUT2D eigenvalue weighted by Crippen LogP contribution is 2.23. The molecule has 2 aliphatic rings. The van der Waals surface area contributed by atoms with Crippen molar-refractivity contribution < 1.29 is 12.9 Å². The molecule has 0 spiro atoms. The van der Waals surface area contributed by atoms with Crippen LogP contribution in [0.3, 0.4) is 0 Å². The van der Waals surface area contributed by atoms with E-state index in [9.17, 15) is 8.42 Å². The van der Waals surface area contributed by atoms with E-state index in [1.54, 1.807) is 21.7 Å². The molecule has 0 unspecified atom stereocenters. The van der Waals surface area contributed by atoms with Gasteiger partial charge in [0.1, 0.15) is 5.82 Å². The van der Waals surface area contributed by atoms with E-state index >= 15 is 0 Å². The van der Waals surface area contributed by atoms with Crippen molar-refractivity contribution in [3.63, 3.8) is 0 Å². The van der Waals surface area contributed by atoms with Crippen molar-refractivity contribution >= 4 is 16.0 Å². The second-order valence-corrected chi connectivity index (χ2v) is 9.19. The van der Waals surface area contributed by atoms with Gasteiger partial charge in [0, 0.05) is 51.0 Å². The Hall–Kier alpha value is -2.04. The zero-order valence-electron chi connectivity index (χ0n) is 16.1. The molecule has 0 atom stereocenters. The van der Waals surface area contributed by atoms with Gasteiger partial charge in [0.05, 0.1) is 0 Å². The van der Waals surface area contributed by atoms with Crippen molar-refractivity contribution in [2.24, 2.45) is 0 Å². The number of rotatable bonds is 4. The Morgan fingerprint density at radius 1 is 0.964 bits per heavy atom. The quantitative estimate of drug-likeness (QED) is 0.762. The van der Waals surface area contributed by atoms with Gasteiger partial charge in [0.15, 0.2) is 5.82 Å². The average Bonchev–Trinajstić information content (AvgIpc) is 3.00. The first-order chi connectivity index (χ1) is 13.5. The lowest BCUT2D eigenvalue weighted by Gasteiger charge is -2.31. The second-order valence-electron chi connectivity index (χ2n) is 7.26. The highest BCUT2D eigenvalue weighted by atomic mass is 32.2. The number of pyridine rings is 1. The number of piperidine rings is 1. The van der Waals surface area contributed by atoms with Crippen LogP contribution in [0.4, 0.5) is 5.82 Å². The Morgan fingerprint density at radius 3 is 2.46 bits per heavy atom. The van der Waals surface area contributed by atoms with Crippen LogP contribution in [0.25, 0.3) is 11.5 Å². The molecule has 2 aromatic rings. The van der Waals surface area contributed by atoms with Gasteiger partial charge in [-0.25, -0.2) is 4.98 Å². The number of nitrogens with zero attached hydrogens (tertiary/aromatic N) is 6. The first kappa shape index (κ1) is 19.3. The Kier molecular flexibility index (Phi) is 5.61. The summed E-state index contributed by atoms with van der Waals surface area (Å²) in [6, 6.07) is 3.75. The molecular weight excluding hydrogens is 380 g/mol. The average molecular weight is 407 g/mol. The third-order valence-electron chi connectivity index (χ3n) is 5.27. The van der Waals surface area contributed by atoms with Crippen LogP contribution in [0.15, 0.2) is 22.9 Å². The minimum absolute atomic E-state index is 0.463. The van der Waals surface area contributed by atoms with E-state index in [-0.39, 0.29) is 0 Å². The molecule has 0 N–H and O–H groups in total. The minimum atomic E-state index is -3.38. The molecule has 2 aliphatic heterocycles. The summed E-state index contributed by atoms with van der Waals surface area (Å²) in [5, 5.41) is 3.83. The van der Waals surface area contributed by atoms with E-state index < -0.39 is 10.2 Å². The number of aryl methyl sites for hydroxylation is 1. The highest BCUT2D eigenvalue weighted by molar-refractivity contribution is 7.86. The Bertz CT molecular complexity index is 910. The molecule has 0 radical (unpaired) electrons. The minimum Gasteiger partial charge on any atom is -0.355 e. The first-order valence-corrected chi connectivity index (χ1v) is 11.2.